The van der Waals surface area contributed by atoms with Crippen LogP contribution in [-0.4, -0.2) is 11.6 Å². The Morgan fingerprint density at radius 3 is 2.67 bits per heavy atom. The first kappa shape index (κ1) is 12.8. The fraction of sp³-hybridized carbons (Fsp3) is 0.250. The number of nitrogens with zero attached hydrogens (tertiary/aromatic N) is 1. The summed E-state index contributed by atoms with van der Waals surface area (Å²) in [5.41, 5.74) is 0.135. The van der Waals surface area contributed by atoms with Crippen molar-refractivity contribution in [2.75, 3.05) is 6.61 Å². The topological polar surface area (TPSA) is 48.1 Å². The van der Waals surface area contributed by atoms with Crippen molar-refractivity contribution < 1.29 is 18.0 Å². The highest BCUT2D eigenvalue weighted by Crippen LogP contribution is 2.34. The lowest BCUT2D eigenvalue weighted by Crippen LogP contribution is -2.07. The Labute approximate surface area is 101 Å². The van der Waals surface area contributed by atoms with Gasteiger partial charge in [0.15, 0.2) is 0 Å². The molecule has 0 saturated carbocycles. The molecule has 2 aromatic rings. The van der Waals surface area contributed by atoms with Crippen LogP contribution in [0.25, 0.3) is 10.8 Å². The van der Waals surface area contributed by atoms with E-state index in [-0.39, 0.29) is 5.39 Å². The fourth-order valence-corrected chi connectivity index (χ4v) is 1.78. The molecule has 18 heavy (non-hydrogen) atoms. The number of aromatic nitrogens is 1. The van der Waals surface area contributed by atoms with Crippen LogP contribution in [0.5, 0.6) is 0 Å². The Kier molecular flexibility index (Phi) is 3.49. The van der Waals surface area contributed by atoms with Crippen LogP contribution in [-0.2, 0) is 17.4 Å². The molecule has 0 atom stereocenters. The zero-order valence-corrected chi connectivity index (χ0v) is 9.37. The lowest BCUT2D eigenvalue weighted by molar-refractivity contribution is -0.136. The van der Waals surface area contributed by atoms with Crippen LogP contribution >= 0.6 is 0 Å². The van der Waals surface area contributed by atoms with Crippen molar-refractivity contribution in [2.24, 2.45) is 5.90 Å². The van der Waals surface area contributed by atoms with E-state index in [1.807, 2.05) is 0 Å². The van der Waals surface area contributed by atoms with E-state index in [0.29, 0.717) is 18.4 Å². The Balaban J connectivity index is 2.47. The third-order valence-corrected chi connectivity index (χ3v) is 2.64. The molecule has 6 heteroatoms. The number of benzene rings is 1. The zero-order valence-electron chi connectivity index (χ0n) is 9.37. The van der Waals surface area contributed by atoms with E-state index in [2.05, 4.69) is 9.82 Å². The molecule has 2 N–H and O–H groups in total. The summed E-state index contributed by atoms with van der Waals surface area (Å²) in [6.07, 6.45) is -1.60. The zero-order chi connectivity index (χ0) is 13.2. The van der Waals surface area contributed by atoms with Gasteiger partial charge in [-0.1, -0.05) is 12.1 Å². The van der Waals surface area contributed by atoms with Crippen molar-refractivity contribution in [3.8, 4) is 0 Å². The highest BCUT2D eigenvalue weighted by Gasteiger charge is 2.32. The van der Waals surface area contributed by atoms with Crippen LogP contribution in [0.1, 0.15) is 11.1 Å². The first-order valence-electron chi connectivity index (χ1n) is 5.28. The molecule has 0 aliphatic carbocycles. The molecule has 0 fully saturated rings. The van der Waals surface area contributed by atoms with E-state index in [1.54, 1.807) is 12.1 Å². The molecule has 1 heterocycles. The molecule has 0 aliphatic heterocycles. The summed E-state index contributed by atoms with van der Waals surface area (Å²) in [6.45, 7) is 0.317. The Morgan fingerprint density at radius 1 is 1.22 bits per heavy atom. The van der Waals surface area contributed by atoms with Gasteiger partial charge in [0.05, 0.1) is 12.2 Å². The van der Waals surface area contributed by atoms with E-state index in [1.165, 1.54) is 12.3 Å². The summed E-state index contributed by atoms with van der Waals surface area (Å²) in [7, 11) is 0. The highest BCUT2D eigenvalue weighted by molar-refractivity contribution is 5.85. The highest BCUT2D eigenvalue weighted by atomic mass is 19.4. The van der Waals surface area contributed by atoms with Crippen LogP contribution in [0.3, 0.4) is 0 Å². The predicted octanol–water partition coefficient (Wildman–Crippen LogP) is 2.69. The second-order valence-electron chi connectivity index (χ2n) is 3.86. The number of pyridine rings is 1. The van der Waals surface area contributed by atoms with Gasteiger partial charge in [0, 0.05) is 17.8 Å². The molecule has 0 unspecified atom stereocenters. The molecule has 0 aliphatic rings. The van der Waals surface area contributed by atoms with Gasteiger partial charge in [0.1, 0.15) is 0 Å². The molecule has 0 bridgehead atoms. The maximum atomic E-state index is 12.7. The molecular formula is C12H11F3N2O. The first-order valence-corrected chi connectivity index (χ1v) is 5.28. The van der Waals surface area contributed by atoms with Gasteiger partial charge in [-0.05, 0) is 23.4 Å². The minimum atomic E-state index is -4.39. The fourth-order valence-electron chi connectivity index (χ4n) is 1.78. The number of nitrogens with two attached hydrogens (primary N) is 1. The van der Waals surface area contributed by atoms with Crippen molar-refractivity contribution in [3.05, 3.63) is 41.7 Å². The number of hydrogen-bond donors (Lipinski definition) is 1. The summed E-state index contributed by atoms with van der Waals surface area (Å²) in [6, 6.07) is 4.75. The van der Waals surface area contributed by atoms with Crippen LogP contribution in [0.4, 0.5) is 13.2 Å². The number of fused-ring (bicyclic) bond motifs is 1. The average Bonchev–Trinajstić information content (AvgIpc) is 2.34. The minimum Gasteiger partial charge on any atom is -0.304 e. The van der Waals surface area contributed by atoms with Gasteiger partial charge in [-0.3, -0.25) is 4.98 Å². The summed E-state index contributed by atoms with van der Waals surface area (Å²) < 4.78 is 38.2. The minimum absolute atomic E-state index is 0.148. The predicted molar refractivity (Wildman–Crippen MR) is 60.6 cm³/mol. The van der Waals surface area contributed by atoms with Gasteiger partial charge in [0.2, 0.25) is 0 Å². The second-order valence-corrected chi connectivity index (χ2v) is 3.86. The van der Waals surface area contributed by atoms with Gasteiger partial charge in [-0.25, -0.2) is 5.90 Å². The molecule has 0 radical (unpaired) electrons. The van der Waals surface area contributed by atoms with E-state index < -0.39 is 11.7 Å². The average molecular weight is 256 g/mol. The summed E-state index contributed by atoms with van der Waals surface area (Å²) in [4.78, 5) is 8.06. The number of hydrogen-bond acceptors (Lipinski definition) is 3. The SMILES string of the molecule is NOCCc1ccc2c(C(F)(F)F)cncc2c1. The molecule has 96 valence electrons. The standard InChI is InChI=1S/C12H11F3N2O/c13-12(14,15)11-7-17-6-9-5-8(3-4-18-16)1-2-10(9)11/h1-2,5-7H,3-4,16H2. The molecule has 0 spiro atoms. The number of rotatable bonds is 3. The van der Waals surface area contributed by atoms with Crippen molar-refractivity contribution >= 4 is 10.8 Å². The van der Waals surface area contributed by atoms with E-state index in [0.717, 1.165) is 11.8 Å². The first-order chi connectivity index (χ1) is 8.52. The smallest absolute Gasteiger partial charge is 0.304 e. The van der Waals surface area contributed by atoms with Gasteiger partial charge < -0.3 is 4.84 Å². The molecule has 3 nitrogen and oxygen atoms in total. The van der Waals surface area contributed by atoms with Crippen molar-refractivity contribution in [2.45, 2.75) is 12.6 Å². The Bertz CT molecular complexity index is 555. The summed E-state index contributed by atoms with van der Waals surface area (Å²) in [5, 5.41) is 0.606. The lowest BCUT2D eigenvalue weighted by Gasteiger charge is -2.10. The lowest BCUT2D eigenvalue weighted by atomic mass is 10.0. The quantitative estimate of drug-likeness (QED) is 0.859. The molecule has 1 aromatic carbocycles. The molecular weight excluding hydrogens is 245 g/mol. The summed E-state index contributed by atoms with van der Waals surface area (Å²) >= 11 is 0. The molecule has 0 amide bonds. The van der Waals surface area contributed by atoms with E-state index in [4.69, 9.17) is 5.90 Å². The Hall–Kier alpha value is -1.66. The van der Waals surface area contributed by atoms with Gasteiger partial charge in [-0.2, -0.15) is 13.2 Å². The normalized spacial score (nSPS) is 12.0. The van der Waals surface area contributed by atoms with E-state index >= 15 is 0 Å². The maximum absolute atomic E-state index is 12.7. The van der Waals surface area contributed by atoms with Gasteiger partial charge in [-0.15, -0.1) is 0 Å². The van der Waals surface area contributed by atoms with Crippen LogP contribution in [0, 0.1) is 0 Å². The monoisotopic (exact) mass is 256 g/mol. The van der Waals surface area contributed by atoms with Crippen molar-refractivity contribution in [1.29, 1.82) is 0 Å². The van der Waals surface area contributed by atoms with Gasteiger partial charge in [0.25, 0.3) is 0 Å². The van der Waals surface area contributed by atoms with Crippen LogP contribution in [0.2, 0.25) is 0 Å². The van der Waals surface area contributed by atoms with Crippen LogP contribution < -0.4 is 5.90 Å². The van der Waals surface area contributed by atoms with Gasteiger partial charge >= 0.3 is 6.18 Å². The number of halogens is 3. The van der Waals surface area contributed by atoms with Crippen LogP contribution in [0.15, 0.2) is 30.6 Å². The van der Waals surface area contributed by atoms with E-state index in [9.17, 15) is 13.2 Å². The molecule has 1 aromatic heterocycles. The largest absolute Gasteiger partial charge is 0.418 e. The molecule has 0 saturated heterocycles. The molecule has 2 rings (SSSR count). The Morgan fingerprint density at radius 2 is 2.00 bits per heavy atom. The third kappa shape index (κ3) is 2.60. The summed E-state index contributed by atoms with van der Waals surface area (Å²) in [5.74, 6) is 4.91. The van der Waals surface area contributed by atoms with Crippen molar-refractivity contribution in [3.63, 3.8) is 0 Å². The second kappa shape index (κ2) is 4.91. The number of alkyl halides is 3. The third-order valence-electron chi connectivity index (χ3n) is 2.64. The van der Waals surface area contributed by atoms with Crippen molar-refractivity contribution in [1.82, 2.24) is 4.98 Å². The maximum Gasteiger partial charge on any atom is 0.418 e.